The van der Waals surface area contributed by atoms with Gasteiger partial charge in [0.2, 0.25) is 10.0 Å². The molecule has 1 saturated carbocycles. The molecular weight excluding hydrogens is 539 g/mol. The second-order valence-electron chi connectivity index (χ2n) is 9.48. The first-order valence-electron chi connectivity index (χ1n) is 12.5. The molecule has 7 nitrogen and oxygen atoms in total. The number of rotatable bonds is 10. The first-order valence-corrected chi connectivity index (χ1v) is 15.8. The van der Waals surface area contributed by atoms with Gasteiger partial charge in [0.1, 0.15) is 28.7 Å². The van der Waals surface area contributed by atoms with Gasteiger partial charge in [0.25, 0.3) is 5.91 Å². The molecule has 0 bridgehead atoms. The highest BCUT2D eigenvalue weighted by atomic mass is 32.2. The fraction of sp³-hybridized carbons (Fsp3) is 0.276. The molecule has 1 aromatic heterocycles. The van der Waals surface area contributed by atoms with Gasteiger partial charge in [-0.1, -0.05) is 0 Å². The fourth-order valence-electron chi connectivity index (χ4n) is 4.59. The Labute approximate surface area is 231 Å². The predicted molar refractivity (Wildman–Crippen MR) is 154 cm³/mol. The van der Waals surface area contributed by atoms with E-state index in [0.717, 1.165) is 18.4 Å². The second kappa shape index (κ2) is 10.9. The first kappa shape index (κ1) is 27.1. The number of thioether (sulfide) groups is 1. The van der Waals surface area contributed by atoms with Crippen molar-refractivity contribution in [3.63, 3.8) is 0 Å². The molecule has 1 aliphatic rings. The van der Waals surface area contributed by atoms with Crippen LogP contribution in [0.15, 0.2) is 65.1 Å². The van der Waals surface area contributed by atoms with Gasteiger partial charge in [0, 0.05) is 36.4 Å². The largest absolute Gasteiger partial charge is 0.457 e. The van der Waals surface area contributed by atoms with Crippen LogP contribution in [0.5, 0.6) is 11.5 Å². The van der Waals surface area contributed by atoms with Crippen LogP contribution in [-0.4, -0.2) is 46.2 Å². The van der Waals surface area contributed by atoms with Gasteiger partial charge in [-0.05, 0) is 85.2 Å². The maximum Gasteiger partial charge on any atom is 0.255 e. The van der Waals surface area contributed by atoms with Crippen molar-refractivity contribution in [2.75, 3.05) is 36.2 Å². The number of hydrogen-bond donors (Lipinski definition) is 1. The summed E-state index contributed by atoms with van der Waals surface area (Å²) in [5.41, 5.74) is 3.01. The zero-order chi connectivity index (χ0) is 27.7. The van der Waals surface area contributed by atoms with E-state index in [2.05, 4.69) is 5.32 Å². The number of carbonyl (C=O) groups is 1. The summed E-state index contributed by atoms with van der Waals surface area (Å²) in [6.07, 6.45) is 5.09. The standard InChI is InChI=1S/C29H29FN2O5S2/c1-31-29(33)27-24-16-23(18-4-5-18)25(32(14-15-38-2)39(3,34)35)17-26(24)37-28(27)19-6-10-21(11-7-19)36-22-12-8-20(30)9-13-22/h6-13,16-18H,4-5,14-15H2,1-3H3,(H,31,33). The van der Waals surface area contributed by atoms with E-state index in [0.29, 0.717) is 57.3 Å². The molecule has 1 heterocycles. The molecule has 0 atom stereocenters. The highest BCUT2D eigenvalue weighted by molar-refractivity contribution is 7.98. The smallest absolute Gasteiger partial charge is 0.255 e. The lowest BCUT2D eigenvalue weighted by atomic mass is 10.0. The van der Waals surface area contributed by atoms with Gasteiger partial charge < -0.3 is 14.5 Å². The van der Waals surface area contributed by atoms with Gasteiger partial charge >= 0.3 is 0 Å². The average Bonchev–Trinajstić information content (AvgIpc) is 3.69. The zero-order valence-corrected chi connectivity index (χ0v) is 23.5. The number of ether oxygens (including phenoxy) is 1. The lowest BCUT2D eigenvalue weighted by molar-refractivity contribution is 0.0964. The van der Waals surface area contributed by atoms with Gasteiger partial charge in [-0.3, -0.25) is 9.10 Å². The van der Waals surface area contributed by atoms with Crippen LogP contribution in [0.1, 0.15) is 34.7 Å². The lowest BCUT2D eigenvalue weighted by Gasteiger charge is -2.25. The maximum absolute atomic E-state index is 13.2. The van der Waals surface area contributed by atoms with Crippen LogP contribution >= 0.6 is 11.8 Å². The van der Waals surface area contributed by atoms with E-state index in [1.54, 1.807) is 61.3 Å². The SMILES string of the molecule is CNC(=O)c1c(-c2ccc(Oc3ccc(F)cc3)cc2)oc2cc(N(CCSC)S(C)(=O)=O)c(C3CC3)cc12. The molecule has 4 aromatic rings. The molecule has 0 radical (unpaired) electrons. The van der Waals surface area contributed by atoms with Crippen LogP contribution in [0.3, 0.4) is 0 Å². The molecule has 1 aliphatic carbocycles. The summed E-state index contributed by atoms with van der Waals surface area (Å²) in [5, 5.41) is 3.35. The summed E-state index contributed by atoms with van der Waals surface area (Å²) < 4.78 is 52.3. The second-order valence-corrected chi connectivity index (χ2v) is 12.4. The van der Waals surface area contributed by atoms with E-state index >= 15 is 0 Å². The number of sulfonamides is 1. The normalized spacial score (nSPS) is 13.4. The third-order valence-electron chi connectivity index (χ3n) is 6.64. The van der Waals surface area contributed by atoms with Crippen LogP contribution in [0.25, 0.3) is 22.3 Å². The summed E-state index contributed by atoms with van der Waals surface area (Å²) >= 11 is 1.58. The number of nitrogens with one attached hydrogen (secondary N) is 1. The number of benzene rings is 3. The molecule has 0 aliphatic heterocycles. The molecular formula is C29H29FN2O5S2. The topological polar surface area (TPSA) is 88.8 Å². The highest BCUT2D eigenvalue weighted by Crippen LogP contribution is 2.48. The average molecular weight is 569 g/mol. The lowest BCUT2D eigenvalue weighted by Crippen LogP contribution is -2.32. The minimum Gasteiger partial charge on any atom is -0.457 e. The predicted octanol–water partition coefficient (Wildman–Crippen LogP) is 6.40. The summed E-state index contributed by atoms with van der Waals surface area (Å²) in [6.45, 7) is 0.344. The Hall–Kier alpha value is -3.50. The summed E-state index contributed by atoms with van der Waals surface area (Å²) in [6, 6.07) is 16.5. The molecule has 1 amide bonds. The number of nitrogens with zero attached hydrogens (tertiary/aromatic N) is 1. The van der Waals surface area contributed by atoms with E-state index in [1.165, 1.54) is 22.7 Å². The monoisotopic (exact) mass is 568 g/mol. The molecule has 204 valence electrons. The van der Waals surface area contributed by atoms with E-state index in [9.17, 15) is 17.6 Å². The molecule has 0 saturated heterocycles. The first-order chi connectivity index (χ1) is 18.7. The van der Waals surface area contributed by atoms with Crippen molar-refractivity contribution in [3.05, 3.63) is 77.6 Å². The number of fused-ring (bicyclic) bond motifs is 1. The number of carbonyl (C=O) groups excluding carboxylic acids is 1. The highest BCUT2D eigenvalue weighted by Gasteiger charge is 2.33. The third-order valence-corrected chi connectivity index (χ3v) is 8.41. The minimum atomic E-state index is -3.53. The molecule has 0 spiro atoms. The summed E-state index contributed by atoms with van der Waals surface area (Å²) in [4.78, 5) is 13.1. The van der Waals surface area contributed by atoms with E-state index < -0.39 is 10.0 Å². The Bertz CT molecular complexity index is 1610. The van der Waals surface area contributed by atoms with Crippen LogP contribution in [0.2, 0.25) is 0 Å². The molecule has 0 unspecified atom stereocenters. The Kier molecular flexibility index (Phi) is 7.59. The third kappa shape index (κ3) is 5.77. The molecule has 39 heavy (non-hydrogen) atoms. The quantitative estimate of drug-likeness (QED) is 0.238. The summed E-state index contributed by atoms with van der Waals surface area (Å²) in [7, 11) is -1.97. The molecule has 1 N–H and O–H groups in total. The van der Waals surface area contributed by atoms with Crippen LogP contribution in [-0.2, 0) is 10.0 Å². The van der Waals surface area contributed by atoms with Crippen molar-refractivity contribution in [2.24, 2.45) is 0 Å². The van der Waals surface area contributed by atoms with Gasteiger partial charge in [-0.25, -0.2) is 12.8 Å². The van der Waals surface area contributed by atoms with Crippen LogP contribution in [0.4, 0.5) is 10.1 Å². The Morgan fingerprint density at radius 2 is 1.74 bits per heavy atom. The number of hydrogen-bond acceptors (Lipinski definition) is 6. The number of anilines is 1. The van der Waals surface area contributed by atoms with Gasteiger partial charge in [0.15, 0.2) is 0 Å². The van der Waals surface area contributed by atoms with Crippen molar-refractivity contribution < 1.29 is 26.8 Å². The van der Waals surface area contributed by atoms with E-state index in [-0.39, 0.29) is 17.6 Å². The van der Waals surface area contributed by atoms with Crippen molar-refractivity contribution in [3.8, 4) is 22.8 Å². The molecule has 5 rings (SSSR count). The number of furan rings is 1. The van der Waals surface area contributed by atoms with Gasteiger partial charge in [-0.2, -0.15) is 11.8 Å². The van der Waals surface area contributed by atoms with Crippen molar-refractivity contribution >= 4 is 44.3 Å². The Morgan fingerprint density at radius 1 is 1.10 bits per heavy atom. The Balaban J connectivity index is 1.60. The Morgan fingerprint density at radius 3 is 2.31 bits per heavy atom. The van der Waals surface area contributed by atoms with Crippen LogP contribution < -0.4 is 14.4 Å². The number of amides is 1. The molecule has 10 heteroatoms. The van der Waals surface area contributed by atoms with Crippen molar-refractivity contribution in [2.45, 2.75) is 18.8 Å². The van der Waals surface area contributed by atoms with E-state index in [4.69, 9.17) is 9.15 Å². The minimum absolute atomic E-state index is 0.238. The van der Waals surface area contributed by atoms with Crippen molar-refractivity contribution in [1.29, 1.82) is 0 Å². The maximum atomic E-state index is 13.2. The molecule has 3 aromatic carbocycles. The van der Waals surface area contributed by atoms with Crippen LogP contribution in [0, 0.1) is 5.82 Å². The zero-order valence-electron chi connectivity index (χ0n) is 21.9. The fourth-order valence-corrected chi connectivity index (χ4v) is 6.01. The van der Waals surface area contributed by atoms with Crippen molar-refractivity contribution in [1.82, 2.24) is 5.32 Å². The van der Waals surface area contributed by atoms with E-state index in [1.807, 2.05) is 12.3 Å². The molecule has 1 fully saturated rings. The number of halogens is 1. The van der Waals surface area contributed by atoms with Gasteiger partial charge in [-0.15, -0.1) is 0 Å². The van der Waals surface area contributed by atoms with Gasteiger partial charge in [0.05, 0.1) is 17.5 Å². The summed E-state index contributed by atoms with van der Waals surface area (Å²) in [5.74, 6) is 1.66.